The third kappa shape index (κ3) is 4.78. The number of hydrogen-bond acceptors (Lipinski definition) is 2. The second-order valence-corrected chi connectivity index (χ2v) is 5.73. The van der Waals surface area contributed by atoms with Crippen LogP contribution in [-0.4, -0.2) is 37.3 Å². The lowest BCUT2D eigenvalue weighted by atomic mass is 9.99. The molecule has 2 nitrogen and oxygen atoms in total. The molecule has 1 aliphatic rings. The Morgan fingerprint density at radius 3 is 2.32 bits per heavy atom. The van der Waals surface area contributed by atoms with Crippen LogP contribution in [0.1, 0.15) is 18.0 Å². The summed E-state index contributed by atoms with van der Waals surface area (Å²) in [5, 5.41) is 3.00. The van der Waals surface area contributed by atoms with Crippen molar-refractivity contribution in [3.63, 3.8) is 0 Å². The summed E-state index contributed by atoms with van der Waals surface area (Å²) in [6.07, 6.45) is -5.78. The van der Waals surface area contributed by atoms with Crippen molar-refractivity contribution in [3.8, 4) is 0 Å². The van der Waals surface area contributed by atoms with Crippen molar-refractivity contribution in [2.75, 3.05) is 26.2 Å². The van der Waals surface area contributed by atoms with E-state index in [-0.39, 0.29) is 16.9 Å². The molecule has 0 aliphatic carbocycles. The molecule has 2 rings (SSSR count). The molecule has 1 heterocycles. The lowest BCUT2D eigenvalue weighted by Gasteiger charge is -2.36. The van der Waals surface area contributed by atoms with Gasteiger partial charge in [0.15, 0.2) is 0 Å². The molecule has 1 aromatic carbocycles. The molecule has 1 aromatic rings. The molecular formula is C13H15BrClF5N2. The first-order chi connectivity index (χ1) is 9.79. The predicted molar refractivity (Wildman–Crippen MR) is 79.2 cm³/mol. The highest BCUT2D eigenvalue weighted by molar-refractivity contribution is 9.10. The normalized spacial score (nSPS) is 17.9. The first-order valence-electron chi connectivity index (χ1n) is 6.44. The summed E-state index contributed by atoms with van der Waals surface area (Å²) in [6.45, 7) is 1.61. The highest BCUT2D eigenvalue weighted by atomic mass is 79.9. The van der Waals surface area contributed by atoms with Gasteiger partial charge in [-0.15, -0.1) is 12.4 Å². The van der Waals surface area contributed by atoms with Gasteiger partial charge in [-0.1, -0.05) is 0 Å². The van der Waals surface area contributed by atoms with Gasteiger partial charge in [0.05, 0.1) is 10.9 Å². The van der Waals surface area contributed by atoms with E-state index in [1.54, 1.807) is 0 Å². The summed E-state index contributed by atoms with van der Waals surface area (Å²) in [4.78, 5) is 1.47. The quantitative estimate of drug-likeness (QED) is 0.599. The predicted octanol–water partition coefficient (Wildman–Crippen LogP) is 4.05. The SMILES string of the molecule is Cl.Fc1ccc(Br)c(F)c1[C@H](CC(F)(F)F)N1CCNCC1. The summed E-state index contributed by atoms with van der Waals surface area (Å²) in [7, 11) is 0. The third-order valence-corrected chi connectivity index (χ3v) is 4.04. The zero-order valence-corrected chi connectivity index (χ0v) is 13.8. The van der Waals surface area contributed by atoms with Gasteiger partial charge in [0, 0.05) is 37.8 Å². The van der Waals surface area contributed by atoms with Crippen molar-refractivity contribution in [1.82, 2.24) is 10.2 Å². The topological polar surface area (TPSA) is 15.3 Å². The molecule has 22 heavy (non-hydrogen) atoms. The molecule has 0 saturated carbocycles. The minimum atomic E-state index is -4.50. The molecule has 126 valence electrons. The number of rotatable bonds is 3. The standard InChI is InChI=1S/C13H14BrF5N2.ClH/c14-8-1-2-9(15)11(12(8)16)10(7-13(17,18)19)21-5-3-20-4-6-21;/h1-2,10,20H,3-7H2;1H/t10-;/m0./s1. The van der Waals surface area contributed by atoms with E-state index in [1.165, 1.54) is 4.90 Å². The Bertz CT molecular complexity index is 506. The third-order valence-electron chi connectivity index (χ3n) is 3.43. The summed E-state index contributed by atoms with van der Waals surface area (Å²) in [5.41, 5.74) is -0.524. The number of alkyl halides is 3. The number of halogens is 7. The fourth-order valence-corrected chi connectivity index (χ4v) is 2.82. The van der Waals surface area contributed by atoms with Crippen LogP contribution in [0.2, 0.25) is 0 Å². The van der Waals surface area contributed by atoms with Gasteiger partial charge in [-0.3, -0.25) is 4.90 Å². The van der Waals surface area contributed by atoms with Gasteiger partial charge in [0.25, 0.3) is 0 Å². The Morgan fingerprint density at radius 2 is 1.77 bits per heavy atom. The van der Waals surface area contributed by atoms with Crippen LogP contribution in [0.4, 0.5) is 22.0 Å². The van der Waals surface area contributed by atoms with E-state index in [0.29, 0.717) is 26.2 Å². The van der Waals surface area contributed by atoms with E-state index in [2.05, 4.69) is 21.2 Å². The van der Waals surface area contributed by atoms with Crippen molar-refractivity contribution in [2.45, 2.75) is 18.6 Å². The van der Waals surface area contributed by atoms with E-state index in [9.17, 15) is 22.0 Å². The molecule has 0 unspecified atom stereocenters. The van der Waals surface area contributed by atoms with E-state index in [0.717, 1.165) is 12.1 Å². The van der Waals surface area contributed by atoms with Crippen LogP contribution < -0.4 is 5.32 Å². The molecule has 0 aromatic heterocycles. The lowest BCUT2D eigenvalue weighted by Crippen LogP contribution is -2.46. The number of hydrogen-bond donors (Lipinski definition) is 1. The molecule has 9 heteroatoms. The molecular weight excluding hydrogens is 395 g/mol. The van der Waals surface area contributed by atoms with Crippen LogP contribution in [0.25, 0.3) is 0 Å². The highest BCUT2D eigenvalue weighted by Gasteiger charge is 2.38. The molecule has 1 N–H and O–H groups in total. The second-order valence-electron chi connectivity index (χ2n) is 4.88. The average molecular weight is 410 g/mol. The zero-order valence-electron chi connectivity index (χ0n) is 11.4. The van der Waals surface area contributed by atoms with Crippen molar-refractivity contribution in [1.29, 1.82) is 0 Å². The van der Waals surface area contributed by atoms with Gasteiger partial charge < -0.3 is 5.32 Å². The number of benzene rings is 1. The van der Waals surface area contributed by atoms with Gasteiger partial charge in [-0.2, -0.15) is 13.2 Å². The number of nitrogens with one attached hydrogen (secondary N) is 1. The van der Waals surface area contributed by atoms with Gasteiger partial charge in [0.2, 0.25) is 0 Å². The molecule has 1 fully saturated rings. The summed E-state index contributed by atoms with van der Waals surface area (Å²) >= 11 is 2.90. The van der Waals surface area contributed by atoms with Gasteiger partial charge in [-0.05, 0) is 28.1 Å². The van der Waals surface area contributed by atoms with Crippen LogP contribution in [0.5, 0.6) is 0 Å². The fourth-order valence-electron chi connectivity index (χ4n) is 2.47. The lowest BCUT2D eigenvalue weighted by molar-refractivity contribution is -0.149. The Labute approximate surface area is 139 Å². The van der Waals surface area contributed by atoms with Crippen LogP contribution >= 0.6 is 28.3 Å². The Balaban J connectivity index is 0.00000242. The minimum absolute atomic E-state index is 0. The molecule has 1 saturated heterocycles. The van der Waals surface area contributed by atoms with Crippen molar-refractivity contribution >= 4 is 28.3 Å². The van der Waals surface area contributed by atoms with E-state index in [4.69, 9.17) is 0 Å². The first-order valence-corrected chi connectivity index (χ1v) is 7.24. The van der Waals surface area contributed by atoms with E-state index in [1.807, 2.05) is 0 Å². The maximum absolute atomic E-state index is 14.1. The summed E-state index contributed by atoms with van der Waals surface area (Å²) in [6, 6.07) is 0.773. The van der Waals surface area contributed by atoms with Crippen LogP contribution in [-0.2, 0) is 0 Å². The average Bonchev–Trinajstić information content (AvgIpc) is 2.42. The number of piperazine rings is 1. The highest BCUT2D eigenvalue weighted by Crippen LogP contribution is 2.37. The van der Waals surface area contributed by atoms with Crippen molar-refractivity contribution < 1.29 is 22.0 Å². The Hall–Kier alpha value is -0.440. The largest absolute Gasteiger partial charge is 0.390 e. The van der Waals surface area contributed by atoms with E-state index >= 15 is 0 Å². The van der Waals surface area contributed by atoms with E-state index < -0.39 is 35.8 Å². The monoisotopic (exact) mass is 408 g/mol. The molecule has 1 aliphatic heterocycles. The number of nitrogens with zero attached hydrogens (tertiary/aromatic N) is 1. The molecule has 0 radical (unpaired) electrons. The maximum atomic E-state index is 14.1. The zero-order chi connectivity index (χ0) is 15.6. The van der Waals surface area contributed by atoms with Crippen molar-refractivity contribution in [2.24, 2.45) is 0 Å². The molecule has 0 amide bonds. The minimum Gasteiger partial charge on any atom is -0.314 e. The van der Waals surface area contributed by atoms with Gasteiger partial charge in [-0.25, -0.2) is 8.78 Å². The summed E-state index contributed by atoms with van der Waals surface area (Å²) in [5.74, 6) is -1.92. The Kier molecular flexibility index (Phi) is 7.04. The Morgan fingerprint density at radius 1 is 1.18 bits per heavy atom. The molecule has 0 bridgehead atoms. The van der Waals surface area contributed by atoms with Gasteiger partial charge >= 0.3 is 6.18 Å². The second kappa shape index (κ2) is 7.90. The van der Waals surface area contributed by atoms with Gasteiger partial charge in [0.1, 0.15) is 11.6 Å². The summed E-state index contributed by atoms with van der Waals surface area (Å²) < 4.78 is 66.5. The van der Waals surface area contributed by atoms with Crippen LogP contribution in [0, 0.1) is 11.6 Å². The fraction of sp³-hybridized carbons (Fsp3) is 0.538. The van der Waals surface area contributed by atoms with Crippen LogP contribution in [0.15, 0.2) is 16.6 Å². The first kappa shape index (κ1) is 19.6. The van der Waals surface area contributed by atoms with Crippen LogP contribution in [0.3, 0.4) is 0 Å². The smallest absolute Gasteiger partial charge is 0.314 e. The molecule has 1 atom stereocenters. The van der Waals surface area contributed by atoms with Crippen molar-refractivity contribution in [3.05, 3.63) is 33.8 Å². The maximum Gasteiger partial charge on any atom is 0.390 e. The molecule has 0 spiro atoms.